The van der Waals surface area contributed by atoms with E-state index in [1.807, 2.05) is 54.3 Å². The van der Waals surface area contributed by atoms with E-state index in [1.165, 1.54) is 6.20 Å². The van der Waals surface area contributed by atoms with E-state index in [4.69, 9.17) is 4.74 Å². The second-order valence-electron chi connectivity index (χ2n) is 7.32. The highest BCUT2D eigenvalue weighted by molar-refractivity contribution is 5.92. The van der Waals surface area contributed by atoms with Gasteiger partial charge in [0.1, 0.15) is 5.82 Å². The van der Waals surface area contributed by atoms with Crippen LogP contribution in [0.15, 0.2) is 54.7 Å². The number of hydrogen-bond donors (Lipinski definition) is 0. The van der Waals surface area contributed by atoms with Crippen LogP contribution in [0.2, 0.25) is 0 Å². The first-order valence-electron chi connectivity index (χ1n) is 10.4. The Hall–Kier alpha value is -3.68. The first-order chi connectivity index (χ1) is 15.1. The van der Waals surface area contributed by atoms with Crippen molar-refractivity contribution in [1.29, 1.82) is 0 Å². The standard InChI is InChI=1S/C23H25N5O3/c1-3-31-23(30)18-9-10-21(24-16-18)26-11-13-27(14-12-26)22(29)20-15-17(2)28(25-20)19-7-5-4-6-8-19/h4-10,15-16H,3,11-14H2,1-2H3. The monoisotopic (exact) mass is 419 g/mol. The van der Waals surface area contributed by atoms with Gasteiger partial charge < -0.3 is 14.5 Å². The van der Waals surface area contributed by atoms with Gasteiger partial charge in [0.2, 0.25) is 0 Å². The lowest BCUT2D eigenvalue weighted by Crippen LogP contribution is -2.49. The van der Waals surface area contributed by atoms with Crippen molar-refractivity contribution < 1.29 is 14.3 Å². The summed E-state index contributed by atoms with van der Waals surface area (Å²) >= 11 is 0. The van der Waals surface area contributed by atoms with Crippen molar-refractivity contribution in [3.63, 3.8) is 0 Å². The van der Waals surface area contributed by atoms with Crippen LogP contribution in [-0.4, -0.2) is 64.3 Å². The van der Waals surface area contributed by atoms with Gasteiger partial charge in [-0.05, 0) is 44.2 Å². The number of hydrogen-bond acceptors (Lipinski definition) is 6. The smallest absolute Gasteiger partial charge is 0.339 e. The van der Waals surface area contributed by atoms with Crippen LogP contribution >= 0.6 is 0 Å². The molecule has 8 nitrogen and oxygen atoms in total. The fraction of sp³-hybridized carbons (Fsp3) is 0.304. The number of rotatable bonds is 5. The molecule has 31 heavy (non-hydrogen) atoms. The van der Waals surface area contributed by atoms with Crippen LogP contribution in [0.1, 0.15) is 33.5 Å². The molecular weight excluding hydrogens is 394 g/mol. The minimum atomic E-state index is -0.373. The molecule has 1 aliphatic rings. The van der Waals surface area contributed by atoms with Gasteiger partial charge >= 0.3 is 5.97 Å². The summed E-state index contributed by atoms with van der Waals surface area (Å²) in [5.74, 6) is 0.342. The molecule has 160 valence electrons. The van der Waals surface area contributed by atoms with E-state index in [0.717, 1.165) is 17.2 Å². The molecule has 0 unspecified atom stereocenters. The molecule has 0 aliphatic carbocycles. The van der Waals surface area contributed by atoms with Crippen LogP contribution in [-0.2, 0) is 4.74 Å². The summed E-state index contributed by atoms with van der Waals surface area (Å²) in [7, 11) is 0. The predicted molar refractivity (Wildman–Crippen MR) is 117 cm³/mol. The zero-order chi connectivity index (χ0) is 21.8. The number of carbonyl (C=O) groups excluding carboxylic acids is 2. The Balaban J connectivity index is 1.39. The lowest BCUT2D eigenvalue weighted by atomic mass is 10.2. The van der Waals surface area contributed by atoms with Gasteiger partial charge in [0.05, 0.1) is 17.9 Å². The van der Waals surface area contributed by atoms with E-state index in [0.29, 0.717) is 44.0 Å². The predicted octanol–water partition coefficient (Wildman–Crippen LogP) is 2.71. The number of piperazine rings is 1. The third-order valence-corrected chi connectivity index (χ3v) is 5.26. The maximum atomic E-state index is 13.0. The Labute approximate surface area is 181 Å². The van der Waals surface area contributed by atoms with E-state index in [-0.39, 0.29) is 11.9 Å². The Kier molecular flexibility index (Phi) is 5.97. The number of ether oxygens (including phenoxy) is 1. The minimum absolute atomic E-state index is 0.0666. The summed E-state index contributed by atoms with van der Waals surface area (Å²) in [6.45, 7) is 6.54. The van der Waals surface area contributed by atoms with Crippen LogP contribution in [0.25, 0.3) is 5.69 Å². The maximum absolute atomic E-state index is 13.0. The summed E-state index contributed by atoms with van der Waals surface area (Å²) in [5.41, 5.74) is 2.73. The zero-order valence-corrected chi connectivity index (χ0v) is 17.7. The second kappa shape index (κ2) is 8.99. The summed E-state index contributed by atoms with van der Waals surface area (Å²) in [5, 5.41) is 4.53. The average Bonchev–Trinajstić information content (AvgIpc) is 3.21. The molecule has 0 N–H and O–H groups in total. The van der Waals surface area contributed by atoms with E-state index in [9.17, 15) is 9.59 Å². The van der Waals surface area contributed by atoms with Gasteiger partial charge in [-0.2, -0.15) is 5.10 Å². The lowest BCUT2D eigenvalue weighted by Gasteiger charge is -2.35. The van der Waals surface area contributed by atoms with Gasteiger partial charge in [-0.25, -0.2) is 14.5 Å². The molecule has 1 aromatic carbocycles. The normalized spacial score (nSPS) is 13.9. The Bertz CT molecular complexity index is 1050. The quantitative estimate of drug-likeness (QED) is 0.592. The third kappa shape index (κ3) is 4.42. The van der Waals surface area contributed by atoms with Crippen LogP contribution in [0.5, 0.6) is 0 Å². The number of aromatic nitrogens is 3. The topological polar surface area (TPSA) is 80.6 Å². The number of esters is 1. The molecule has 1 aliphatic heterocycles. The molecule has 3 aromatic rings. The summed E-state index contributed by atoms with van der Waals surface area (Å²) in [4.78, 5) is 33.1. The van der Waals surface area contributed by atoms with E-state index in [1.54, 1.807) is 17.7 Å². The van der Waals surface area contributed by atoms with Gasteiger partial charge in [-0.15, -0.1) is 0 Å². The van der Waals surface area contributed by atoms with Crippen LogP contribution in [0, 0.1) is 6.92 Å². The molecular formula is C23H25N5O3. The molecule has 2 aromatic heterocycles. The number of amides is 1. The number of benzene rings is 1. The molecule has 1 amide bonds. The molecule has 3 heterocycles. The van der Waals surface area contributed by atoms with Crippen molar-refractivity contribution in [3.8, 4) is 5.69 Å². The largest absolute Gasteiger partial charge is 0.462 e. The van der Waals surface area contributed by atoms with Crippen molar-refractivity contribution in [2.75, 3.05) is 37.7 Å². The first-order valence-corrected chi connectivity index (χ1v) is 10.4. The van der Waals surface area contributed by atoms with Gasteiger partial charge in [0.25, 0.3) is 5.91 Å². The van der Waals surface area contributed by atoms with Crippen molar-refractivity contribution in [3.05, 3.63) is 71.7 Å². The van der Waals surface area contributed by atoms with Crippen LogP contribution in [0.4, 0.5) is 5.82 Å². The molecule has 8 heteroatoms. The van der Waals surface area contributed by atoms with Gasteiger partial charge in [0.15, 0.2) is 5.69 Å². The SMILES string of the molecule is CCOC(=O)c1ccc(N2CCN(C(=O)c3cc(C)n(-c4ccccc4)n3)CC2)nc1. The summed E-state index contributed by atoms with van der Waals surface area (Å²) in [6.07, 6.45) is 1.53. The molecule has 1 saturated heterocycles. The van der Waals surface area contributed by atoms with Crippen molar-refractivity contribution in [2.24, 2.45) is 0 Å². The number of para-hydroxylation sites is 1. The molecule has 4 rings (SSSR count). The number of carbonyl (C=O) groups is 2. The summed E-state index contributed by atoms with van der Waals surface area (Å²) in [6, 6.07) is 15.1. The number of nitrogens with zero attached hydrogens (tertiary/aromatic N) is 5. The third-order valence-electron chi connectivity index (χ3n) is 5.26. The van der Waals surface area contributed by atoms with E-state index >= 15 is 0 Å². The highest BCUT2D eigenvalue weighted by Gasteiger charge is 2.25. The van der Waals surface area contributed by atoms with Gasteiger partial charge in [0, 0.05) is 38.1 Å². The van der Waals surface area contributed by atoms with Gasteiger partial charge in [-0.1, -0.05) is 18.2 Å². The van der Waals surface area contributed by atoms with Crippen molar-refractivity contribution in [2.45, 2.75) is 13.8 Å². The lowest BCUT2D eigenvalue weighted by molar-refractivity contribution is 0.0525. The number of anilines is 1. The summed E-state index contributed by atoms with van der Waals surface area (Å²) < 4.78 is 6.78. The molecule has 1 fully saturated rings. The second-order valence-corrected chi connectivity index (χ2v) is 7.32. The molecule has 0 spiro atoms. The Morgan fingerprint density at radius 1 is 1.03 bits per heavy atom. The van der Waals surface area contributed by atoms with E-state index in [2.05, 4.69) is 15.0 Å². The Morgan fingerprint density at radius 2 is 1.77 bits per heavy atom. The van der Waals surface area contributed by atoms with Crippen molar-refractivity contribution in [1.82, 2.24) is 19.7 Å². The zero-order valence-electron chi connectivity index (χ0n) is 17.7. The van der Waals surface area contributed by atoms with Crippen molar-refractivity contribution >= 4 is 17.7 Å². The fourth-order valence-corrected chi connectivity index (χ4v) is 3.62. The number of aryl methyl sites for hydroxylation is 1. The van der Waals surface area contributed by atoms with E-state index < -0.39 is 0 Å². The van der Waals surface area contributed by atoms with Crippen LogP contribution in [0.3, 0.4) is 0 Å². The molecule has 0 radical (unpaired) electrons. The average molecular weight is 419 g/mol. The first kappa shape index (κ1) is 20.6. The van der Waals surface area contributed by atoms with Crippen LogP contribution < -0.4 is 4.90 Å². The highest BCUT2D eigenvalue weighted by Crippen LogP contribution is 2.17. The highest BCUT2D eigenvalue weighted by atomic mass is 16.5. The fourth-order valence-electron chi connectivity index (χ4n) is 3.62. The molecule has 0 saturated carbocycles. The number of pyridine rings is 1. The maximum Gasteiger partial charge on any atom is 0.339 e. The molecule has 0 bridgehead atoms. The molecule has 0 atom stereocenters. The minimum Gasteiger partial charge on any atom is -0.462 e. The Morgan fingerprint density at radius 3 is 2.42 bits per heavy atom. The van der Waals surface area contributed by atoms with Gasteiger partial charge in [-0.3, -0.25) is 4.79 Å².